The van der Waals surface area contributed by atoms with E-state index < -0.39 is 35.5 Å². The molecule has 3 fully saturated rings. The first kappa shape index (κ1) is 41.7. The highest BCUT2D eigenvalue weighted by atomic mass is 19.3. The molecule has 2 aromatic carbocycles. The van der Waals surface area contributed by atoms with Gasteiger partial charge in [0, 0.05) is 36.6 Å². The lowest BCUT2D eigenvalue weighted by atomic mass is 9.81. The van der Waals surface area contributed by atoms with Crippen LogP contribution in [0.5, 0.6) is 0 Å². The van der Waals surface area contributed by atoms with Crippen LogP contribution in [-0.4, -0.2) is 59.0 Å². The number of rotatable bonds is 14. The fourth-order valence-electron chi connectivity index (χ4n) is 8.31. The Bertz CT molecular complexity index is 1750. The van der Waals surface area contributed by atoms with Gasteiger partial charge in [-0.25, -0.2) is 13.2 Å². The Labute approximate surface area is 312 Å². The number of benzene rings is 2. The number of aliphatic carboxylic acids is 1. The fraction of sp³-hybridized carbons (Fsp3) is 0.535. The quantitative estimate of drug-likeness (QED) is 0.149. The maximum absolute atomic E-state index is 15.3. The third-order valence-electron chi connectivity index (χ3n) is 10.9. The minimum absolute atomic E-state index is 0.00118. The fourth-order valence-corrected chi connectivity index (χ4v) is 8.31. The molecule has 1 saturated carbocycles. The van der Waals surface area contributed by atoms with Gasteiger partial charge in [-0.05, 0) is 124 Å². The molecule has 2 unspecified atom stereocenters. The van der Waals surface area contributed by atoms with Gasteiger partial charge in [0.25, 0.3) is 5.92 Å². The van der Waals surface area contributed by atoms with E-state index in [-0.39, 0.29) is 35.0 Å². The number of aryl methyl sites for hydroxylation is 4. The third-order valence-corrected chi connectivity index (χ3v) is 10.9. The number of amides is 1. The summed E-state index contributed by atoms with van der Waals surface area (Å²) in [6.45, 7) is 16.2. The molecular formula is C43H55F3N2O5. The first-order valence-electron chi connectivity index (χ1n) is 18.8. The van der Waals surface area contributed by atoms with Gasteiger partial charge in [0.05, 0.1) is 24.0 Å². The Morgan fingerprint density at radius 3 is 2.19 bits per heavy atom. The summed E-state index contributed by atoms with van der Waals surface area (Å²) in [4.78, 5) is 49.9. The lowest BCUT2D eigenvalue weighted by Gasteiger charge is -2.30. The summed E-state index contributed by atoms with van der Waals surface area (Å²) in [5.74, 6) is -5.29. The van der Waals surface area contributed by atoms with E-state index in [0.29, 0.717) is 49.6 Å². The summed E-state index contributed by atoms with van der Waals surface area (Å²) < 4.78 is 42.7. The highest BCUT2D eigenvalue weighted by Crippen LogP contribution is 2.42. The highest BCUT2D eigenvalue weighted by molar-refractivity contribution is 6.14. The van der Waals surface area contributed by atoms with Crippen LogP contribution in [0.15, 0.2) is 47.6 Å². The monoisotopic (exact) mass is 736 g/mol. The normalized spacial score (nSPS) is 20.8. The summed E-state index contributed by atoms with van der Waals surface area (Å²) in [5, 5.41) is 12.3. The predicted molar refractivity (Wildman–Crippen MR) is 201 cm³/mol. The second-order valence-corrected chi connectivity index (χ2v) is 15.8. The number of allylic oxidation sites excluding steroid dienone is 4. The average molecular weight is 737 g/mol. The summed E-state index contributed by atoms with van der Waals surface area (Å²) >= 11 is 0. The summed E-state index contributed by atoms with van der Waals surface area (Å²) in [5.41, 5.74) is 5.60. The van der Waals surface area contributed by atoms with Gasteiger partial charge >= 0.3 is 5.97 Å². The van der Waals surface area contributed by atoms with Crippen LogP contribution >= 0.6 is 0 Å². The van der Waals surface area contributed by atoms with E-state index >= 15 is 4.39 Å². The third kappa shape index (κ3) is 10.1. The number of hydrogen-bond donors (Lipinski definition) is 2. The van der Waals surface area contributed by atoms with Crippen molar-refractivity contribution in [1.82, 2.24) is 10.2 Å². The number of carbonyl (C=O) groups excluding carboxylic acids is 3. The van der Waals surface area contributed by atoms with Gasteiger partial charge in [-0.15, -0.1) is 0 Å². The Hall–Kier alpha value is -4.05. The summed E-state index contributed by atoms with van der Waals surface area (Å²) in [6.07, 6.45) is 6.65. The zero-order valence-corrected chi connectivity index (χ0v) is 32.3. The van der Waals surface area contributed by atoms with Gasteiger partial charge in [0.2, 0.25) is 5.91 Å². The van der Waals surface area contributed by atoms with Crippen LogP contribution in [-0.2, 0) is 19.2 Å². The molecule has 2 heterocycles. The molecular weight excluding hydrogens is 681 g/mol. The topological polar surface area (TPSA) is 104 Å². The van der Waals surface area contributed by atoms with Crippen LogP contribution in [0.3, 0.4) is 0 Å². The van der Waals surface area contributed by atoms with Gasteiger partial charge < -0.3 is 15.3 Å². The van der Waals surface area contributed by atoms with Crippen molar-refractivity contribution in [1.29, 1.82) is 0 Å². The second kappa shape index (κ2) is 17.4. The van der Waals surface area contributed by atoms with Crippen LogP contribution in [0.2, 0.25) is 0 Å². The van der Waals surface area contributed by atoms with E-state index in [2.05, 4.69) is 22.3 Å². The van der Waals surface area contributed by atoms with Crippen LogP contribution in [0.4, 0.5) is 13.2 Å². The van der Waals surface area contributed by atoms with Crippen molar-refractivity contribution < 1.29 is 37.5 Å². The number of alkyl halides is 2. The van der Waals surface area contributed by atoms with E-state index in [1.165, 1.54) is 25.0 Å². The molecule has 1 amide bonds. The van der Waals surface area contributed by atoms with E-state index in [1.54, 1.807) is 19.1 Å². The van der Waals surface area contributed by atoms with Gasteiger partial charge in [-0.3, -0.25) is 19.2 Å². The van der Waals surface area contributed by atoms with Gasteiger partial charge in [-0.1, -0.05) is 44.5 Å². The molecule has 2 aliphatic heterocycles. The number of carboxylic acids is 1. The van der Waals surface area contributed by atoms with Crippen LogP contribution in [0, 0.1) is 57.2 Å². The Balaban J connectivity index is 0.000000256. The molecule has 4 aliphatic rings. The summed E-state index contributed by atoms with van der Waals surface area (Å²) in [6, 6.07) is 7.28. The van der Waals surface area contributed by atoms with Crippen molar-refractivity contribution in [3.05, 3.63) is 81.2 Å². The van der Waals surface area contributed by atoms with E-state index in [1.807, 2.05) is 41.5 Å². The molecule has 0 spiro atoms. The molecule has 2 bridgehead atoms. The second-order valence-electron chi connectivity index (χ2n) is 15.8. The summed E-state index contributed by atoms with van der Waals surface area (Å²) in [7, 11) is 0. The van der Waals surface area contributed by atoms with E-state index in [4.69, 9.17) is 0 Å². The average Bonchev–Trinajstić information content (AvgIpc) is 3.64. The minimum Gasteiger partial charge on any atom is -0.481 e. The zero-order chi connectivity index (χ0) is 39.4. The molecule has 2 N–H and O–H groups in total. The Morgan fingerprint density at radius 2 is 1.68 bits per heavy atom. The molecule has 3 atom stereocenters. The molecule has 2 saturated heterocycles. The van der Waals surface area contributed by atoms with Crippen molar-refractivity contribution in [2.75, 3.05) is 13.1 Å². The number of nitrogens with one attached hydrogen (secondary N) is 1. The number of carboxylic acid groups (broad SMARTS) is 1. The molecule has 10 heteroatoms. The number of halogens is 3. The SMILES string of the molecule is CC(F)(F)C1=CC=C(C=O)C(=O)C1CCN1CC2CC1C2.CC[C@@H](CC(C)C)C(=O)NC(CC(=O)O)c1cc(-c2c(C)cc(C)cc2C)cc(C)c1F. The van der Waals surface area contributed by atoms with Crippen molar-refractivity contribution in [3.8, 4) is 11.1 Å². The van der Waals surface area contributed by atoms with Crippen molar-refractivity contribution in [2.45, 2.75) is 112 Å². The number of nitrogens with zero attached hydrogens (tertiary/aromatic N) is 1. The Kier molecular flexibility index (Phi) is 13.7. The molecule has 7 nitrogen and oxygen atoms in total. The maximum atomic E-state index is 15.3. The maximum Gasteiger partial charge on any atom is 0.305 e. The van der Waals surface area contributed by atoms with Crippen LogP contribution in [0.1, 0.15) is 100 Å². The number of ketones is 1. The zero-order valence-electron chi connectivity index (χ0n) is 32.3. The number of hydrogen-bond acceptors (Lipinski definition) is 5. The number of fused-ring (bicyclic) bond motifs is 1. The van der Waals surface area contributed by atoms with Crippen LogP contribution < -0.4 is 5.32 Å². The van der Waals surface area contributed by atoms with Crippen molar-refractivity contribution in [3.63, 3.8) is 0 Å². The number of aldehydes is 1. The van der Waals surface area contributed by atoms with E-state index in [9.17, 15) is 33.1 Å². The van der Waals surface area contributed by atoms with Gasteiger partial charge in [0.1, 0.15) is 5.82 Å². The first-order chi connectivity index (χ1) is 24.8. The lowest BCUT2D eigenvalue weighted by molar-refractivity contribution is -0.138. The number of Topliss-reactive ketones (excluding diaryl/α,β-unsaturated/α-hetero) is 1. The molecule has 288 valence electrons. The first-order valence-corrected chi connectivity index (χ1v) is 18.8. The van der Waals surface area contributed by atoms with E-state index in [0.717, 1.165) is 47.2 Å². The van der Waals surface area contributed by atoms with Crippen molar-refractivity contribution >= 4 is 23.9 Å². The molecule has 0 radical (unpaired) electrons. The molecule has 2 aromatic rings. The molecule has 6 rings (SSSR count). The van der Waals surface area contributed by atoms with Crippen LogP contribution in [0.25, 0.3) is 11.1 Å². The predicted octanol–water partition coefficient (Wildman–Crippen LogP) is 8.81. The highest BCUT2D eigenvalue weighted by Gasteiger charge is 2.44. The van der Waals surface area contributed by atoms with Gasteiger partial charge in [0.15, 0.2) is 12.1 Å². The smallest absolute Gasteiger partial charge is 0.305 e. The lowest BCUT2D eigenvalue weighted by Crippen LogP contribution is -2.36. The standard InChI is InChI=1S/C27H36FNO3.C16H19F2NO2/c1-8-20(9-15(2)3)27(32)29-23(14-24(30)31)22-13-21(12-19(7)26(22)28)25-17(5)10-16(4)11-18(25)6;1-16(17,18)14-3-2-11(9-20)15(21)13(14)4-5-19-8-10-6-12(19)7-10/h10-13,15,20,23H,8-9,14H2,1-7H3,(H,29,32)(H,30,31);2-3,9-10,12-13H,4-8H2,1H3/t20-,23?;/m0./s1. The molecule has 0 aromatic heterocycles. The molecule has 53 heavy (non-hydrogen) atoms. The minimum atomic E-state index is -3.03. The van der Waals surface area contributed by atoms with Crippen molar-refractivity contribution in [2.24, 2.45) is 23.7 Å². The molecule has 2 aliphatic carbocycles. The number of carbonyl (C=O) groups is 4. The Morgan fingerprint density at radius 1 is 1.04 bits per heavy atom. The largest absolute Gasteiger partial charge is 0.481 e. The van der Waals surface area contributed by atoms with Gasteiger partial charge in [-0.2, -0.15) is 0 Å².